The molecule has 0 aliphatic heterocycles. The van der Waals surface area contributed by atoms with Crippen LogP contribution in [0.2, 0.25) is 0 Å². The summed E-state index contributed by atoms with van der Waals surface area (Å²) in [6.45, 7) is 0. The minimum atomic E-state index is 0.857. The summed E-state index contributed by atoms with van der Waals surface area (Å²) in [5.41, 5.74) is 1.06. The van der Waals surface area contributed by atoms with E-state index in [-0.39, 0.29) is 0 Å². The van der Waals surface area contributed by atoms with E-state index in [0.717, 1.165) is 17.1 Å². The van der Waals surface area contributed by atoms with E-state index in [1.165, 1.54) is 0 Å². The molecule has 0 fully saturated rings. The summed E-state index contributed by atoms with van der Waals surface area (Å²) in [5, 5.41) is 0. The SMILES string of the molecule is COc1ccc(-c2ccco2)cc1. The van der Waals surface area contributed by atoms with Crippen molar-refractivity contribution in [3.8, 4) is 17.1 Å². The van der Waals surface area contributed by atoms with E-state index in [0.29, 0.717) is 0 Å². The first kappa shape index (κ1) is 7.92. The second kappa shape index (κ2) is 3.35. The van der Waals surface area contributed by atoms with Crippen LogP contribution in [-0.4, -0.2) is 7.11 Å². The van der Waals surface area contributed by atoms with Gasteiger partial charge in [0, 0.05) is 5.56 Å². The zero-order chi connectivity index (χ0) is 9.10. The Hall–Kier alpha value is -1.70. The lowest BCUT2D eigenvalue weighted by Crippen LogP contribution is -1.81. The highest BCUT2D eigenvalue weighted by atomic mass is 16.5. The molecule has 0 bridgehead atoms. The first-order valence-corrected chi connectivity index (χ1v) is 4.08. The lowest BCUT2D eigenvalue weighted by atomic mass is 10.2. The van der Waals surface area contributed by atoms with Crippen molar-refractivity contribution in [2.45, 2.75) is 0 Å². The summed E-state index contributed by atoms with van der Waals surface area (Å²) in [5.74, 6) is 1.73. The summed E-state index contributed by atoms with van der Waals surface area (Å²) in [6, 6.07) is 11.6. The average Bonchev–Trinajstić information content (AvgIpc) is 2.71. The van der Waals surface area contributed by atoms with E-state index in [9.17, 15) is 0 Å². The summed E-state index contributed by atoms with van der Waals surface area (Å²) in [4.78, 5) is 0. The van der Waals surface area contributed by atoms with Crippen LogP contribution < -0.4 is 4.74 Å². The van der Waals surface area contributed by atoms with Gasteiger partial charge in [0.15, 0.2) is 0 Å². The van der Waals surface area contributed by atoms with Gasteiger partial charge >= 0.3 is 0 Å². The van der Waals surface area contributed by atoms with Crippen LogP contribution in [0.15, 0.2) is 47.1 Å². The maximum atomic E-state index is 5.25. The van der Waals surface area contributed by atoms with E-state index in [1.54, 1.807) is 13.4 Å². The van der Waals surface area contributed by atoms with Crippen LogP contribution in [0.5, 0.6) is 5.75 Å². The highest BCUT2D eigenvalue weighted by Gasteiger charge is 1.99. The molecular weight excluding hydrogens is 164 g/mol. The molecule has 2 nitrogen and oxygen atoms in total. The van der Waals surface area contributed by atoms with Crippen molar-refractivity contribution < 1.29 is 9.15 Å². The van der Waals surface area contributed by atoms with Crippen molar-refractivity contribution >= 4 is 0 Å². The molecule has 0 saturated heterocycles. The molecular formula is C11H10O2. The van der Waals surface area contributed by atoms with Gasteiger partial charge in [-0.1, -0.05) is 0 Å². The van der Waals surface area contributed by atoms with Crippen LogP contribution in [0.3, 0.4) is 0 Å². The van der Waals surface area contributed by atoms with Gasteiger partial charge in [0.25, 0.3) is 0 Å². The fraction of sp³-hybridized carbons (Fsp3) is 0.0909. The second-order valence-electron chi connectivity index (χ2n) is 2.71. The van der Waals surface area contributed by atoms with Gasteiger partial charge in [0.2, 0.25) is 0 Å². The van der Waals surface area contributed by atoms with Gasteiger partial charge in [-0.2, -0.15) is 0 Å². The molecule has 13 heavy (non-hydrogen) atoms. The largest absolute Gasteiger partial charge is 0.497 e. The lowest BCUT2D eigenvalue weighted by Gasteiger charge is -1.99. The Morgan fingerprint density at radius 2 is 1.85 bits per heavy atom. The van der Waals surface area contributed by atoms with Crippen molar-refractivity contribution in [2.24, 2.45) is 0 Å². The number of rotatable bonds is 2. The maximum Gasteiger partial charge on any atom is 0.133 e. The molecule has 0 saturated carbocycles. The van der Waals surface area contributed by atoms with Crippen LogP contribution in [0.4, 0.5) is 0 Å². The predicted octanol–water partition coefficient (Wildman–Crippen LogP) is 2.96. The van der Waals surface area contributed by atoms with Crippen molar-refractivity contribution in [1.82, 2.24) is 0 Å². The molecule has 0 atom stereocenters. The summed E-state index contributed by atoms with van der Waals surface area (Å²) >= 11 is 0. The van der Waals surface area contributed by atoms with E-state index < -0.39 is 0 Å². The van der Waals surface area contributed by atoms with Gasteiger partial charge in [-0.15, -0.1) is 0 Å². The normalized spacial score (nSPS) is 9.92. The fourth-order valence-corrected chi connectivity index (χ4v) is 1.20. The first-order chi connectivity index (χ1) is 6.40. The number of furan rings is 1. The molecule has 1 aromatic heterocycles. The van der Waals surface area contributed by atoms with Crippen molar-refractivity contribution in [2.75, 3.05) is 7.11 Å². The molecule has 2 heteroatoms. The Bertz CT molecular complexity index is 359. The molecule has 2 aromatic rings. The fourth-order valence-electron chi connectivity index (χ4n) is 1.20. The zero-order valence-electron chi connectivity index (χ0n) is 7.36. The van der Waals surface area contributed by atoms with Crippen molar-refractivity contribution in [1.29, 1.82) is 0 Å². The van der Waals surface area contributed by atoms with Crippen LogP contribution in [0, 0.1) is 0 Å². The third-order valence-corrected chi connectivity index (χ3v) is 1.90. The van der Waals surface area contributed by atoms with E-state index in [4.69, 9.17) is 9.15 Å². The summed E-state index contributed by atoms with van der Waals surface area (Å²) < 4.78 is 10.3. The molecule has 0 aliphatic rings. The molecule has 0 amide bonds. The highest BCUT2D eigenvalue weighted by molar-refractivity contribution is 5.58. The van der Waals surface area contributed by atoms with Crippen LogP contribution in [0.1, 0.15) is 0 Å². The first-order valence-electron chi connectivity index (χ1n) is 4.08. The molecule has 0 radical (unpaired) electrons. The number of hydrogen-bond acceptors (Lipinski definition) is 2. The molecule has 2 rings (SSSR count). The number of methoxy groups -OCH3 is 1. The molecule has 66 valence electrons. The number of benzene rings is 1. The van der Waals surface area contributed by atoms with Crippen molar-refractivity contribution in [3.63, 3.8) is 0 Å². The Morgan fingerprint density at radius 3 is 2.38 bits per heavy atom. The Morgan fingerprint density at radius 1 is 1.08 bits per heavy atom. The van der Waals surface area contributed by atoms with Crippen LogP contribution in [-0.2, 0) is 0 Å². The summed E-state index contributed by atoms with van der Waals surface area (Å²) in [7, 11) is 1.65. The quantitative estimate of drug-likeness (QED) is 0.698. The monoisotopic (exact) mass is 174 g/mol. The Balaban J connectivity index is 2.33. The van der Waals surface area contributed by atoms with E-state index >= 15 is 0 Å². The molecule has 0 unspecified atom stereocenters. The van der Waals surface area contributed by atoms with Gasteiger partial charge in [0.1, 0.15) is 11.5 Å². The molecule has 1 heterocycles. The van der Waals surface area contributed by atoms with Crippen LogP contribution >= 0.6 is 0 Å². The van der Waals surface area contributed by atoms with Gasteiger partial charge in [-0.25, -0.2) is 0 Å². The topological polar surface area (TPSA) is 22.4 Å². The zero-order valence-corrected chi connectivity index (χ0v) is 7.36. The third-order valence-electron chi connectivity index (χ3n) is 1.90. The van der Waals surface area contributed by atoms with Gasteiger partial charge in [0.05, 0.1) is 13.4 Å². The average molecular weight is 174 g/mol. The standard InChI is InChI=1S/C11H10O2/c1-12-10-6-4-9(5-7-10)11-3-2-8-13-11/h2-8H,1H3. The van der Waals surface area contributed by atoms with E-state index in [1.807, 2.05) is 36.4 Å². The number of hydrogen-bond donors (Lipinski definition) is 0. The maximum absolute atomic E-state index is 5.25. The van der Waals surface area contributed by atoms with Crippen molar-refractivity contribution in [3.05, 3.63) is 42.7 Å². The summed E-state index contributed by atoms with van der Waals surface area (Å²) in [6.07, 6.45) is 1.67. The lowest BCUT2D eigenvalue weighted by molar-refractivity contribution is 0.415. The third kappa shape index (κ3) is 1.56. The Labute approximate surface area is 76.8 Å². The molecule has 0 aliphatic carbocycles. The highest BCUT2D eigenvalue weighted by Crippen LogP contribution is 2.22. The van der Waals surface area contributed by atoms with Gasteiger partial charge < -0.3 is 9.15 Å². The smallest absolute Gasteiger partial charge is 0.133 e. The number of ether oxygens (including phenoxy) is 1. The molecule has 1 aromatic carbocycles. The second-order valence-corrected chi connectivity index (χ2v) is 2.71. The predicted molar refractivity (Wildman–Crippen MR) is 50.7 cm³/mol. The van der Waals surface area contributed by atoms with Gasteiger partial charge in [-0.3, -0.25) is 0 Å². The van der Waals surface area contributed by atoms with Gasteiger partial charge in [-0.05, 0) is 36.4 Å². The molecule has 0 N–H and O–H groups in total. The minimum Gasteiger partial charge on any atom is -0.497 e. The molecule has 0 spiro atoms. The minimum absolute atomic E-state index is 0.857. The Kier molecular flexibility index (Phi) is 2.04. The van der Waals surface area contributed by atoms with E-state index in [2.05, 4.69) is 0 Å². The van der Waals surface area contributed by atoms with Crippen LogP contribution in [0.25, 0.3) is 11.3 Å².